The molecule has 5 aromatic rings. The van der Waals surface area contributed by atoms with Crippen molar-refractivity contribution in [1.82, 2.24) is 19.6 Å². The quantitative estimate of drug-likeness (QED) is 0.0525. The summed E-state index contributed by atoms with van der Waals surface area (Å²) in [7, 11) is -4.66. The van der Waals surface area contributed by atoms with E-state index in [1.165, 1.54) is 48.6 Å². The molecule has 4 heterocycles. The molecule has 9 rings (SSSR count). The van der Waals surface area contributed by atoms with Gasteiger partial charge in [-0.1, -0.05) is 44.5 Å². The van der Waals surface area contributed by atoms with Gasteiger partial charge < -0.3 is 30.8 Å². The number of carbonyl (C=O) groups is 2. The summed E-state index contributed by atoms with van der Waals surface area (Å²) in [6.07, 6.45) is 9.99. The number of rotatable bonds is 14. The summed E-state index contributed by atoms with van der Waals surface area (Å²) >= 11 is 0. The number of nitro groups is 1. The van der Waals surface area contributed by atoms with Gasteiger partial charge in [-0.3, -0.25) is 24.6 Å². The SMILES string of the molecule is CC(C)c1ccccc1[C@H]1CCC[C@@H]1N1CC2(CCN(c3ccc(C(=O)NS(=O)(=O)c4ccc(NCC5CCC(C)(O)CC5)c([N+](=O)[O-])c4)c(Oc4cc5cc[nH]c5nc4C(N)=O)c3)CC2)C1. The highest BCUT2D eigenvalue weighted by Crippen LogP contribution is 2.49. The number of nitro benzene ring substituents is 1. The number of aliphatic hydroxyl groups is 1. The van der Waals surface area contributed by atoms with Gasteiger partial charge in [-0.2, -0.15) is 0 Å². The Morgan fingerprint density at radius 1 is 0.985 bits per heavy atom. The van der Waals surface area contributed by atoms with Crippen LogP contribution < -0.4 is 25.4 Å². The first-order valence-electron chi connectivity index (χ1n) is 23.5. The molecule has 4 aliphatic rings. The van der Waals surface area contributed by atoms with Gasteiger partial charge in [0.05, 0.1) is 21.0 Å². The third-order valence-corrected chi connectivity index (χ3v) is 16.2. The molecule has 2 aromatic heterocycles. The number of amides is 2. The second-order valence-electron chi connectivity index (χ2n) is 19.9. The summed E-state index contributed by atoms with van der Waals surface area (Å²) in [4.78, 5) is 50.1. The van der Waals surface area contributed by atoms with Crippen LogP contribution in [0.15, 0.2) is 83.9 Å². The molecule has 2 atom stereocenters. The van der Waals surface area contributed by atoms with Gasteiger partial charge in [0.15, 0.2) is 11.4 Å². The number of fused-ring (bicyclic) bond motifs is 1. The minimum atomic E-state index is -4.66. The molecular weight excluding hydrogens is 873 g/mol. The number of nitrogens with zero attached hydrogens (tertiary/aromatic N) is 4. The monoisotopic (exact) mass is 932 g/mol. The number of benzene rings is 3. The second-order valence-corrected chi connectivity index (χ2v) is 21.6. The molecule has 0 unspecified atom stereocenters. The predicted molar refractivity (Wildman–Crippen MR) is 256 cm³/mol. The number of hydrogen-bond acceptors (Lipinski definition) is 12. The second kappa shape index (κ2) is 18.2. The third kappa shape index (κ3) is 9.59. The predicted octanol–water partition coefficient (Wildman–Crippen LogP) is 8.20. The molecule has 4 fully saturated rings. The molecule has 16 nitrogen and oxygen atoms in total. The lowest BCUT2D eigenvalue weighted by Gasteiger charge is -2.57. The normalized spacial score (nSPS) is 23.0. The topological polar surface area (TPSA) is 226 Å². The van der Waals surface area contributed by atoms with Crippen molar-refractivity contribution in [2.45, 2.75) is 107 Å². The van der Waals surface area contributed by atoms with E-state index >= 15 is 0 Å². The minimum Gasteiger partial charge on any atom is -0.454 e. The number of likely N-dealkylation sites (tertiary alicyclic amines) is 1. The number of hydrogen-bond donors (Lipinski definition) is 5. The molecule has 3 aromatic carbocycles. The first kappa shape index (κ1) is 46.1. The zero-order chi connectivity index (χ0) is 47.3. The van der Waals surface area contributed by atoms with Crippen LogP contribution in [0.1, 0.15) is 122 Å². The van der Waals surface area contributed by atoms with Gasteiger partial charge in [-0.15, -0.1) is 0 Å². The number of aromatic amines is 1. The summed E-state index contributed by atoms with van der Waals surface area (Å²) in [5.74, 6) is -0.785. The highest BCUT2D eigenvalue weighted by atomic mass is 32.2. The fourth-order valence-corrected chi connectivity index (χ4v) is 12.0. The molecule has 2 saturated carbocycles. The van der Waals surface area contributed by atoms with Gasteiger partial charge in [0.25, 0.3) is 27.5 Å². The van der Waals surface area contributed by atoms with Crippen LogP contribution in [0.4, 0.5) is 17.1 Å². The van der Waals surface area contributed by atoms with Crippen molar-refractivity contribution in [2.75, 3.05) is 42.9 Å². The molecule has 67 heavy (non-hydrogen) atoms. The van der Waals surface area contributed by atoms with Crippen molar-refractivity contribution >= 4 is 49.9 Å². The number of piperidine rings is 1. The van der Waals surface area contributed by atoms with Crippen molar-refractivity contribution in [3.8, 4) is 11.5 Å². The van der Waals surface area contributed by atoms with E-state index in [-0.39, 0.29) is 39.8 Å². The molecule has 2 saturated heterocycles. The van der Waals surface area contributed by atoms with Gasteiger partial charge in [-0.05, 0) is 129 Å². The number of nitrogens with two attached hydrogens (primary N) is 1. The number of nitrogens with one attached hydrogen (secondary N) is 3. The molecule has 0 bridgehead atoms. The highest BCUT2D eigenvalue weighted by molar-refractivity contribution is 7.90. The van der Waals surface area contributed by atoms with Crippen LogP contribution in [-0.2, 0) is 10.0 Å². The van der Waals surface area contributed by atoms with Crippen molar-refractivity contribution in [2.24, 2.45) is 17.1 Å². The average molecular weight is 933 g/mol. The molecule has 1 spiro atoms. The summed E-state index contributed by atoms with van der Waals surface area (Å²) in [6, 6.07) is 21.1. The van der Waals surface area contributed by atoms with E-state index in [0.29, 0.717) is 48.3 Å². The Balaban J connectivity index is 0.929. The van der Waals surface area contributed by atoms with E-state index in [1.54, 1.807) is 37.4 Å². The lowest BCUT2D eigenvalue weighted by Crippen LogP contribution is -2.63. The van der Waals surface area contributed by atoms with E-state index in [2.05, 4.69) is 67.9 Å². The Labute approximate surface area is 390 Å². The Hall–Kier alpha value is -6.04. The van der Waals surface area contributed by atoms with E-state index in [0.717, 1.165) is 63.6 Å². The van der Waals surface area contributed by atoms with E-state index in [4.69, 9.17) is 10.5 Å². The third-order valence-electron chi connectivity index (χ3n) is 14.9. The minimum absolute atomic E-state index is 0.0284. The zero-order valence-corrected chi connectivity index (χ0v) is 39.1. The van der Waals surface area contributed by atoms with Crippen LogP contribution in [-0.4, -0.2) is 89.5 Å². The molecule has 2 aliphatic heterocycles. The Bertz CT molecular complexity index is 2800. The fraction of sp³-hybridized carbons (Fsp3) is 0.460. The highest BCUT2D eigenvalue weighted by Gasteiger charge is 2.49. The molecule has 354 valence electrons. The van der Waals surface area contributed by atoms with Gasteiger partial charge in [-0.25, -0.2) is 18.1 Å². The van der Waals surface area contributed by atoms with Crippen LogP contribution in [0.25, 0.3) is 11.0 Å². The lowest BCUT2D eigenvalue weighted by molar-refractivity contribution is -0.384. The molecule has 2 aliphatic carbocycles. The van der Waals surface area contributed by atoms with Gasteiger partial charge in [0.2, 0.25) is 0 Å². The van der Waals surface area contributed by atoms with Crippen molar-refractivity contribution in [3.63, 3.8) is 0 Å². The number of pyridine rings is 1. The first-order chi connectivity index (χ1) is 32.0. The fourth-order valence-electron chi connectivity index (χ4n) is 11.0. The van der Waals surface area contributed by atoms with Crippen LogP contribution in [0.3, 0.4) is 0 Å². The van der Waals surface area contributed by atoms with Crippen LogP contribution in [0, 0.1) is 21.4 Å². The maximum Gasteiger partial charge on any atom is 0.293 e. The Kier molecular flexibility index (Phi) is 12.5. The van der Waals surface area contributed by atoms with E-state index in [1.807, 2.05) is 0 Å². The maximum absolute atomic E-state index is 14.1. The molecule has 2 amide bonds. The first-order valence-corrected chi connectivity index (χ1v) is 25.0. The van der Waals surface area contributed by atoms with Gasteiger partial charge in [0.1, 0.15) is 17.1 Å². The van der Waals surface area contributed by atoms with Crippen molar-refractivity contribution in [3.05, 3.63) is 111 Å². The number of ether oxygens (including phenoxy) is 1. The standard InChI is InChI=1S/C50H60N8O8S/c1-31(2)36-7-4-5-8-37(36)38-9-6-10-41(38)57-29-50(30-57)20-23-56(24-21-50)34-11-13-39(43(26-34)66-44-25-33-17-22-52-47(33)54-45(44)46(51)59)48(60)55-67(64,65)35-12-14-40(42(27-35)58(62)63)53-28-32-15-18-49(3,61)19-16-32/h4-5,7-8,11-14,17,22,25-27,31-32,38,41,53,61H,6,9-10,15-16,18-21,23-24,28-30H2,1-3H3,(H2,51,59)(H,52,54)(H,55,60)/t32?,38-,41+,49?/m1/s1. The molecular formula is C50H60N8O8S. The Morgan fingerprint density at radius 2 is 1.73 bits per heavy atom. The molecule has 6 N–H and O–H groups in total. The zero-order valence-electron chi connectivity index (χ0n) is 38.3. The van der Waals surface area contributed by atoms with Gasteiger partial charge >= 0.3 is 0 Å². The number of primary amides is 1. The number of carbonyl (C=O) groups excluding carboxylic acids is 2. The number of sulfonamides is 1. The summed E-state index contributed by atoms with van der Waals surface area (Å²) in [6.45, 7) is 10.4. The number of aromatic nitrogens is 2. The number of H-pyrrole nitrogens is 1. The Morgan fingerprint density at radius 3 is 2.45 bits per heavy atom. The summed E-state index contributed by atoms with van der Waals surface area (Å²) in [5.41, 5.74) is 8.66. The maximum atomic E-state index is 14.1. The molecule has 0 radical (unpaired) electrons. The van der Waals surface area contributed by atoms with E-state index < -0.39 is 42.9 Å². The van der Waals surface area contributed by atoms with Crippen LogP contribution >= 0.6 is 0 Å². The summed E-state index contributed by atoms with van der Waals surface area (Å²) < 4.78 is 36.1. The van der Waals surface area contributed by atoms with Crippen molar-refractivity contribution in [1.29, 1.82) is 0 Å². The lowest BCUT2D eigenvalue weighted by atomic mass is 9.70. The average Bonchev–Trinajstić information content (AvgIpc) is 3.97. The van der Waals surface area contributed by atoms with Gasteiger partial charge in [0, 0.05) is 68.2 Å². The van der Waals surface area contributed by atoms with Crippen LogP contribution in [0.2, 0.25) is 0 Å². The van der Waals surface area contributed by atoms with Crippen molar-refractivity contribution < 1.29 is 32.8 Å². The molecule has 17 heteroatoms. The smallest absolute Gasteiger partial charge is 0.293 e. The van der Waals surface area contributed by atoms with E-state index in [9.17, 15) is 33.2 Å². The van der Waals surface area contributed by atoms with Crippen LogP contribution in [0.5, 0.6) is 11.5 Å². The number of anilines is 2. The largest absolute Gasteiger partial charge is 0.454 e. The summed E-state index contributed by atoms with van der Waals surface area (Å²) in [5, 5.41) is 26.2.